The Hall–Kier alpha value is -1.65. The highest BCUT2D eigenvalue weighted by molar-refractivity contribution is 5.96. The Morgan fingerprint density at radius 1 is 1.56 bits per heavy atom. The summed E-state index contributed by atoms with van der Waals surface area (Å²) in [4.78, 5) is 20.3. The molecule has 0 radical (unpaired) electrons. The first-order chi connectivity index (χ1) is 8.58. The second kappa shape index (κ2) is 5.33. The number of carbonyl (C=O) groups is 1. The average Bonchev–Trinajstić information content (AvgIpc) is 3.13. The van der Waals surface area contributed by atoms with Gasteiger partial charge in [0, 0.05) is 12.5 Å². The highest BCUT2D eigenvalue weighted by Crippen LogP contribution is 2.31. The number of aromatic nitrogens is 2. The average molecular weight is 248 g/mol. The van der Waals surface area contributed by atoms with Gasteiger partial charge in [-0.25, -0.2) is 9.97 Å². The van der Waals surface area contributed by atoms with Gasteiger partial charge in [0.25, 0.3) is 5.91 Å². The van der Waals surface area contributed by atoms with Gasteiger partial charge in [0.15, 0.2) is 5.69 Å². The van der Waals surface area contributed by atoms with E-state index in [-0.39, 0.29) is 11.8 Å². The summed E-state index contributed by atoms with van der Waals surface area (Å²) in [5.74, 6) is 1.44. The fourth-order valence-corrected chi connectivity index (χ4v) is 1.74. The van der Waals surface area contributed by atoms with Crippen LogP contribution in [-0.2, 0) is 0 Å². The molecule has 2 rings (SSSR count). The number of hydrogen-bond acceptors (Lipinski definition) is 4. The Bertz CT molecular complexity index is 441. The van der Waals surface area contributed by atoms with Gasteiger partial charge in [-0.3, -0.25) is 4.79 Å². The molecule has 1 aliphatic rings. The molecule has 1 heterocycles. The smallest absolute Gasteiger partial charge is 0.272 e. The quantitative estimate of drug-likeness (QED) is 0.831. The van der Waals surface area contributed by atoms with Crippen LogP contribution < -0.4 is 11.1 Å². The van der Waals surface area contributed by atoms with Crippen LogP contribution in [0.3, 0.4) is 0 Å². The van der Waals surface area contributed by atoms with E-state index in [2.05, 4.69) is 15.3 Å². The molecule has 0 bridgehead atoms. The van der Waals surface area contributed by atoms with Crippen LogP contribution in [0.15, 0.2) is 6.20 Å². The first kappa shape index (κ1) is 12.8. The van der Waals surface area contributed by atoms with Crippen LogP contribution >= 0.6 is 0 Å². The minimum absolute atomic E-state index is 0.184. The summed E-state index contributed by atoms with van der Waals surface area (Å²) in [6, 6.07) is 0. The second-order valence-corrected chi connectivity index (χ2v) is 5.17. The summed E-state index contributed by atoms with van der Waals surface area (Å²) in [5.41, 5.74) is 6.38. The third-order valence-electron chi connectivity index (χ3n) is 3.10. The Labute approximate surface area is 107 Å². The number of anilines is 1. The van der Waals surface area contributed by atoms with Crippen LogP contribution in [0.1, 0.15) is 55.3 Å². The van der Waals surface area contributed by atoms with Gasteiger partial charge >= 0.3 is 0 Å². The molecule has 1 fully saturated rings. The summed E-state index contributed by atoms with van der Waals surface area (Å²) >= 11 is 0. The molecule has 1 aliphatic carbocycles. The number of nitrogens with two attached hydrogens (primary N) is 1. The highest BCUT2D eigenvalue weighted by atomic mass is 16.1. The molecular weight excluding hydrogens is 228 g/mol. The molecule has 0 unspecified atom stereocenters. The van der Waals surface area contributed by atoms with Crippen molar-refractivity contribution in [2.75, 3.05) is 12.3 Å². The number of amides is 1. The summed E-state index contributed by atoms with van der Waals surface area (Å²) in [6.07, 6.45) is 5.15. The zero-order valence-electron chi connectivity index (χ0n) is 10.9. The van der Waals surface area contributed by atoms with Crippen LogP contribution in [0.25, 0.3) is 0 Å². The molecule has 0 spiro atoms. The Balaban J connectivity index is 2.00. The third kappa shape index (κ3) is 3.18. The van der Waals surface area contributed by atoms with Crippen LogP contribution in [0.4, 0.5) is 5.69 Å². The lowest BCUT2D eigenvalue weighted by atomic mass is 10.2. The Kier molecular flexibility index (Phi) is 3.79. The number of rotatable bonds is 5. The maximum Gasteiger partial charge on any atom is 0.272 e. The molecule has 3 N–H and O–H groups in total. The van der Waals surface area contributed by atoms with Gasteiger partial charge in [0.05, 0.1) is 11.9 Å². The van der Waals surface area contributed by atoms with E-state index in [1.165, 1.54) is 19.0 Å². The molecule has 0 saturated heterocycles. The molecule has 1 aromatic heterocycles. The number of carbonyl (C=O) groups excluding carboxylic acids is 1. The summed E-state index contributed by atoms with van der Waals surface area (Å²) < 4.78 is 0. The predicted molar refractivity (Wildman–Crippen MR) is 70.2 cm³/mol. The summed E-state index contributed by atoms with van der Waals surface area (Å²) in [5, 5.41) is 2.87. The lowest BCUT2D eigenvalue weighted by molar-refractivity contribution is 0.0948. The van der Waals surface area contributed by atoms with Crippen LogP contribution in [0, 0.1) is 5.92 Å². The van der Waals surface area contributed by atoms with Crippen molar-refractivity contribution in [2.45, 2.75) is 39.0 Å². The molecule has 98 valence electrons. The second-order valence-electron chi connectivity index (χ2n) is 5.17. The lowest BCUT2D eigenvalue weighted by Crippen LogP contribution is -2.27. The minimum Gasteiger partial charge on any atom is -0.396 e. The first-order valence-corrected chi connectivity index (χ1v) is 6.48. The van der Waals surface area contributed by atoms with E-state index in [0.717, 1.165) is 12.3 Å². The monoisotopic (exact) mass is 248 g/mol. The fourth-order valence-electron chi connectivity index (χ4n) is 1.74. The first-order valence-electron chi connectivity index (χ1n) is 6.48. The van der Waals surface area contributed by atoms with Gasteiger partial charge in [-0.2, -0.15) is 0 Å². The van der Waals surface area contributed by atoms with Gasteiger partial charge in [0.2, 0.25) is 0 Å². The molecule has 1 aromatic rings. The Morgan fingerprint density at radius 3 is 2.89 bits per heavy atom. The maximum absolute atomic E-state index is 12.0. The molecular formula is C13H20N4O. The minimum atomic E-state index is -0.197. The van der Waals surface area contributed by atoms with Crippen molar-refractivity contribution in [3.8, 4) is 0 Å². The van der Waals surface area contributed by atoms with E-state index in [1.54, 1.807) is 0 Å². The van der Waals surface area contributed by atoms with Crippen molar-refractivity contribution < 1.29 is 4.79 Å². The largest absolute Gasteiger partial charge is 0.396 e. The van der Waals surface area contributed by atoms with Crippen LogP contribution in [-0.4, -0.2) is 22.4 Å². The van der Waals surface area contributed by atoms with Crippen LogP contribution in [0.2, 0.25) is 0 Å². The molecule has 0 aromatic carbocycles. The normalized spacial score (nSPS) is 14.8. The zero-order valence-corrected chi connectivity index (χ0v) is 10.9. The molecule has 0 atom stereocenters. The van der Waals surface area contributed by atoms with Crippen molar-refractivity contribution >= 4 is 11.6 Å². The van der Waals surface area contributed by atoms with Crippen molar-refractivity contribution in [2.24, 2.45) is 5.92 Å². The van der Waals surface area contributed by atoms with Crippen molar-refractivity contribution in [3.05, 3.63) is 17.7 Å². The molecule has 0 aliphatic heterocycles. The number of nitrogens with zero attached hydrogens (tertiary/aromatic N) is 2. The molecule has 5 heteroatoms. The van der Waals surface area contributed by atoms with E-state index in [9.17, 15) is 4.79 Å². The molecule has 1 amide bonds. The van der Waals surface area contributed by atoms with Gasteiger partial charge in [0.1, 0.15) is 5.82 Å². The number of nitrogen functional groups attached to an aromatic ring is 1. The van der Waals surface area contributed by atoms with Gasteiger partial charge in [-0.05, 0) is 12.3 Å². The molecule has 1 saturated carbocycles. The van der Waals surface area contributed by atoms with Gasteiger partial charge in [-0.15, -0.1) is 0 Å². The van der Waals surface area contributed by atoms with E-state index in [4.69, 9.17) is 5.73 Å². The van der Waals surface area contributed by atoms with Gasteiger partial charge < -0.3 is 11.1 Å². The third-order valence-corrected chi connectivity index (χ3v) is 3.10. The highest BCUT2D eigenvalue weighted by Gasteiger charge is 2.21. The SMILES string of the molecule is CC(C)c1ncc(N)c(C(=O)NCCC2CC2)n1. The molecule has 18 heavy (non-hydrogen) atoms. The van der Waals surface area contributed by atoms with E-state index < -0.39 is 0 Å². The van der Waals surface area contributed by atoms with E-state index in [0.29, 0.717) is 23.8 Å². The Morgan fingerprint density at radius 2 is 2.28 bits per heavy atom. The fraction of sp³-hybridized carbons (Fsp3) is 0.615. The van der Waals surface area contributed by atoms with Gasteiger partial charge in [-0.1, -0.05) is 26.7 Å². The lowest BCUT2D eigenvalue weighted by Gasteiger charge is -2.09. The van der Waals surface area contributed by atoms with E-state index >= 15 is 0 Å². The van der Waals surface area contributed by atoms with Crippen LogP contribution in [0.5, 0.6) is 0 Å². The maximum atomic E-state index is 12.0. The summed E-state index contributed by atoms with van der Waals surface area (Å²) in [6.45, 7) is 4.67. The summed E-state index contributed by atoms with van der Waals surface area (Å²) in [7, 11) is 0. The van der Waals surface area contributed by atoms with Crippen molar-refractivity contribution in [1.82, 2.24) is 15.3 Å². The topological polar surface area (TPSA) is 80.9 Å². The molecule has 5 nitrogen and oxygen atoms in total. The van der Waals surface area contributed by atoms with E-state index in [1.807, 2.05) is 13.8 Å². The zero-order chi connectivity index (χ0) is 13.1. The van der Waals surface area contributed by atoms with Crippen molar-refractivity contribution in [1.29, 1.82) is 0 Å². The van der Waals surface area contributed by atoms with Crippen molar-refractivity contribution in [3.63, 3.8) is 0 Å². The number of hydrogen-bond donors (Lipinski definition) is 2. The standard InChI is InChI=1S/C13H20N4O/c1-8(2)12-16-7-10(14)11(17-12)13(18)15-6-5-9-3-4-9/h7-9H,3-6,14H2,1-2H3,(H,15,18). The predicted octanol–water partition coefficient (Wildman–Crippen LogP) is 1.71. The number of nitrogens with one attached hydrogen (secondary N) is 1.